The lowest BCUT2D eigenvalue weighted by Gasteiger charge is -2.23. The molecule has 34 heavy (non-hydrogen) atoms. The number of amides is 1. The second kappa shape index (κ2) is 8.37. The maximum absolute atomic E-state index is 13.1. The number of aromatic amines is 1. The quantitative estimate of drug-likeness (QED) is 0.375. The number of H-pyrrole nitrogens is 1. The molecule has 2 N–H and O–H groups in total. The van der Waals surface area contributed by atoms with Gasteiger partial charge in [0.15, 0.2) is 0 Å². The molecule has 5 rings (SSSR count). The molecule has 2 aromatic carbocycles. The van der Waals surface area contributed by atoms with E-state index in [0.29, 0.717) is 35.7 Å². The van der Waals surface area contributed by atoms with Crippen LogP contribution in [0.3, 0.4) is 0 Å². The van der Waals surface area contributed by atoms with Crippen molar-refractivity contribution in [2.24, 2.45) is 0 Å². The van der Waals surface area contributed by atoms with Gasteiger partial charge in [-0.05, 0) is 56.3 Å². The topological polar surface area (TPSA) is 94.1 Å². The van der Waals surface area contributed by atoms with Crippen LogP contribution in [0.4, 0.5) is 14.5 Å². The number of nitrogens with zero attached hydrogens (tertiary/aromatic N) is 3. The van der Waals surface area contributed by atoms with Crippen LogP contribution in [-0.4, -0.2) is 37.8 Å². The van der Waals surface area contributed by atoms with Gasteiger partial charge in [-0.1, -0.05) is 0 Å². The fourth-order valence-corrected chi connectivity index (χ4v) is 4.17. The largest absolute Gasteiger partial charge is 0.487 e. The molecule has 1 atom stereocenters. The fraction of sp³-hybridized carbons (Fsp3) is 0.261. The van der Waals surface area contributed by atoms with E-state index in [1.165, 1.54) is 24.3 Å². The number of aryl methyl sites for hydroxylation is 1. The van der Waals surface area contributed by atoms with E-state index >= 15 is 0 Å². The van der Waals surface area contributed by atoms with Crippen molar-refractivity contribution in [1.82, 2.24) is 19.7 Å². The summed E-state index contributed by atoms with van der Waals surface area (Å²) in [6.07, 6.45) is 0. The van der Waals surface area contributed by atoms with Crippen LogP contribution < -0.4 is 10.1 Å². The molecule has 2 aromatic heterocycles. The average molecular weight is 488 g/mol. The maximum Gasteiger partial charge on any atom is 0.487 e. The first-order chi connectivity index (χ1) is 16.2. The van der Waals surface area contributed by atoms with E-state index in [1.54, 1.807) is 12.1 Å². The molecule has 0 bridgehead atoms. The Bertz CT molecular complexity index is 1380. The van der Waals surface area contributed by atoms with Gasteiger partial charge in [0.2, 0.25) is 0 Å². The van der Waals surface area contributed by atoms with E-state index in [0.717, 1.165) is 22.6 Å². The summed E-state index contributed by atoms with van der Waals surface area (Å²) in [6.45, 7) is 4.90. The zero-order valence-electron chi connectivity index (χ0n) is 18.2. The molecule has 1 aliphatic heterocycles. The van der Waals surface area contributed by atoms with Gasteiger partial charge in [0.25, 0.3) is 5.91 Å². The van der Waals surface area contributed by atoms with E-state index in [9.17, 15) is 13.6 Å². The van der Waals surface area contributed by atoms with Crippen LogP contribution in [0.25, 0.3) is 22.3 Å². The van der Waals surface area contributed by atoms with Crippen LogP contribution >= 0.6 is 11.6 Å². The number of alkyl halides is 3. The summed E-state index contributed by atoms with van der Waals surface area (Å²) in [5.74, 6) is 0.268. The summed E-state index contributed by atoms with van der Waals surface area (Å²) in [5.41, 5.74) is 0.861. The number of halogens is 3. The Balaban J connectivity index is 1.52. The molecule has 0 saturated carbocycles. The van der Waals surface area contributed by atoms with E-state index < -0.39 is 5.57 Å². The van der Waals surface area contributed by atoms with Gasteiger partial charge in [-0.3, -0.25) is 9.89 Å². The van der Waals surface area contributed by atoms with E-state index in [4.69, 9.17) is 21.3 Å². The van der Waals surface area contributed by atoms with Gasteiger partial charge in [-0.2, -0.15) is 5.10 Å². The third-order valence-electron chi connectivity index (χ3n) is 5.48. The standard InChI is InChI=1S/C23H20ClF2N5O3/c1-12-7-18(30-29-12)17-8-14(9-19-21(17)31-13(2)10-33-11-20(31)28-19)22(32)27-15-3-5-16(6-4-15)34-23(24,25)26/h3-9,13H,10-11H2,1-2H3,(H,27,32)(H,29,30)/t13-/m1/s1. The number of fused-ring (bicyclic) bond motifs is 3. The Morgan fingerprint density at radius 1 is 1.29 bits per heavy atom. The minimum atomic E-state index is -3.81. The van der Waals surface area contributed by atoms with Gasteiger partial charge < -0.3 is 19.4 Å². The molecule has 0 unspecified atom stereocenters. The fourth-order valence-electron chi connectivity index (χ4n) is 4.08. The second-order valence-corrected chi connectivity index (χ2v) is 8.56. The summed E-state index contributed by atoms with van der Waals surface area (Å²) < 4.78 is 37.7. The summed E-state index contributed by atoms with van der Waals surface area (Å²) in [6, 6.07) is 10.9. The van der Waals surface area contributed by atoms with Crippen molar-refractivity contribution in [3.8, 4) is 17.0 Å². The lowest BCUT2D eigenvalue weighted by molar-refractivity contribution is -0.0964. The van der Waals surface area contributed by atoms with Crippen LogP contribution in [0.15, 0.2) is 42.5 Å². The molecule has 3 heterocycles. The van der Waals surface area contributed by atoms with Gasteiger partial charge in [0, 0.05) is 34.1 Å². The number of rotatable bonds is 5. The highest BCUT2D eigenvalue weighted by atomic mass is 35.5. The van der Waals surface area contributed by atoms with Gasteiger partial charge in [-0.25, -0.2) is 4.98 Å². The normalized spacial score (nSPS) is 15.9. The van der Waals surface area contributed by atoms with Crippen LogP contribution in [0, 0.1) is 6.92 Å². The molecule has 0 saturated heterocycles. The molecule has 0 fully saturated rings. The predicted octanol–water partition coefficient (Wildman–Crippen LogP) is 5.25. The van der Waals surface area contributed by atoms with Crippen molar-refractivity contribution < 1.29 is 23.0 Å². The summed E-state index contributed by atoms with van der Waals surface area (Å²) in [5, 5.41) is 10.1. The number of anilines is 1. The van der Waals surface area contributed by atoms with Gasteiger partial charge in [-0.15, -0.1) is 8.78 Å². The van der Waals surface area contributed by atoms with Gasteiger partial charge in [0.1, 0.15) is 18.2 Å². The van der Waals surface area contributed by atoms with E-state index in [-0.39, 0.29) is 17.7 Å². The number of benzene rings is 2. The monoisotopic (exact) mass is 487 g/mol. The first kappa shape index (κ1) is 22.3. The zero-order chi connectivity index (χ0) is 24.0. The molecule has 1 aliphatic rings. The Kier molecular flexibility index (Phi) is 5.49. The van der Waals surface area contributed by atoms with Crippen molar-refractivity contribution in [3.63, 3.8) is 0 Å². The van der Waals surface area contributed by atoms with Crippen molar-refractivity contribution in [2.75, 3.05) is 11.9 Å². The number of ether oxygens (including phenoxy) is 2. The van der Waals surface area contributed by atoms with Gasteiger partial charge in [0.05, 0.1) is 29.4 Å². The highest BCUT2D eigenvalue weighted by Gasteiger charge is 2.28. The van der Waals surface area contributed by atoms with E-state index in [1.807, 2.05) is 13.0 Å². The number of imidazole rings is 1. The minimum absolute atomic E-state index is 0.0771. The molecule has 1 amide bonds. The average Bonchev–Trinajstić information content (AvgIpc) is 3.37. The SMILES string of the molecule is Cc1cc(-c2cc(C(=O)Nc3ccc(OC(F)(F)Cl)cc3)cc3nc4n(c23)[C@H](C)COC4)n[nH]1. The van der Waals surface area contributed by atoms with Crippen molar-refractivity contribution >= 4 is 34.2 Å². The molecule has 11 heteroatoms. The molecular weight excluding hydrogens is 468 g/mol. The number of nitrogens with one attached hydrogen (secondary N) is 2. The molecule has 176 valence electrons. The van der Waals surface area contributed by atoms with Crippen molar-refractivity contribution in [1.29, 1.82) is 0 Å². The molecule has 0 spiro atoms. The predicted molar refractivity (Wildman–Crippen MR) is 122 cm³/mol. The molecule has 4 aromatic rings. The molecule has 0 aliphatic carbocycles. The molecular formula is C23H20ClF2N5O3. The Morgan fingerprint density at radius 2 is 2.06 bits per heavy atom. The summed E-state index contributed by atoms with van der Waals surface area (Å²) >= 11 is 4.78. The number of hydrogen-bond acceptors (Lipinski definition) is 5. The Labute approximate surface area is 197 Å². The summed E-state index contributed by atoms with van der Waals surface area (Å²) in [4.78, 5) is 17.8. The van der Waals surface area contributed by atoms with Crippen molar-refractivity contribution in [3.05, 3.63) is 59.5 Å². The van der Waals surface area contributed by atoms with Crippen molar-refractivity contribution in [2.45, 2.75) is 32.1 Å². The second-order valence-electron chi connectivity index (χ2n) is 8.12. The molecule has 8 nitrogen and oxygen atoms in total. The number of hydrogen-bond donors (Lipinski definition) is 2. The highest BCUT2D eigenvalue weighted by molar-refractivity contribution is 6.20. The number of aromatic nitrogens is 4. The Hall–Kier alpha value is -3.50. The lowest BCUT2D eigenvalue weighted by Crippen LogP contribution is -2.21. The number of carbonyl (C=O) groups is 1. The van der Waals surface area contributed by atoms with Crippen LogP contribution in [0.1, 0.15) is 34.8 Å². The van der Waals surface area contributed by atoms with Crippen LogP contribution in [0.2, 0.25) is 0 Å². The lowest BCUT2D eigenvalue weighted by atomic mass is 10.0. The Morgan fingerprint density at radius 3 is 2.74 bits per heavy atom. The minimum Gasteiger partial charge on any atom is -0.420 e. The first-order valence-electron chi connectivity index (χ1n) is 10.5. The third kappa shape index (κ3) is 4.34. The van der Waals surface area contributed by atoms with Crippen LogP contribution in [0.5, 0.6) is 5.75 Å². The van der Waals surface area contributed by atoms with E-state index in [2.05, 4.69) is 31.7 Å². The third-order valence-corrected chi connectivity index (χ3v) is 5.56. The summed E-state index contributed by atoms with van der Waals surface area (Å²) in [7, 11) is 0. The molecule has 0 radical (unpaired) electrons. The smallest absolute Gasteiger partial charge is 0.420 e. The maximum atomic E-state index is 13.1. The zero-order valence-corrected chi connectivity index (χ0v) is 19.0. The first-order valence-corrected chi connectivity index (χ1v) is 10.9. The van der Waals surface area contributed by atoms with Crippen LogP contribution in [-0.2, 0) is 11.3 Å². The number of carbonyl (C=O) groups excluding carboxylic acids is 1. The van der Waals surface area contributed by atoms with Gasteiger partial charge >= 0.3 is 5.57 Å². The highest BCUT2D eigenvalue weighted by Crippen LogP contribution is 2.34.